The van der Waals surface area contributed by atoms with Gasteiger partial charge in [-0.05, 0) is 26.8 Å². The molecule has 2 saturated heterocycles. The highest BCUT2D eigenvalue weighted by atomic mass is 32.2. The van der Waals surface area contributed by atoms with Gasteiger partial charge in [0.25, 0.3) is 0 Å². The molecule has 0 aliphatic carbocycles. The van der Waals surface area contributed by atoms with E-state index in [1.54, 1.807) is 0 Å². The Morgan fingerprint density at radius 1 is 1.47 bits per heavy atom. The van der Waals surface area contributed by atoms with Crippen LogP contribution in [0.15, 0.2) is 0 Å². The number of sulfone groups is 1. The van der Waals surface area contributed by atoms with Gasteiger partial charge in [0.1, 0.15) is 0 Å². The topological polar surface area (TPSA) is 49.4 Å². The fraction of sp³-hybridized carbons (Fsp3) is 1.00. The zero-order valence-corrected chi connectivity index (χ0v) is 10.3. The lowest BCUT2D eigenvalue weighted by molar-refractivity contribution is 0.158. The molecule has 5 heteroatoms. The molecule has 0 bridgehead atoms. The molecule has 2 rings (SSSR count). The number of nitrogens with one attached hydrogen (secondary N) is 1. The summed E-state index contributed by atoms with van der Waals surface area (Å²) in [5.41, 5.74) is -0.107. The first-order valence-electron chi connectivity index (χ1n) is 5.58. The smallest absolute Gasteiger partial charge is 0.152 e. The molecule has 15 heavy (non-hydrogen) atoms. The van der Waals surface area contributed by atoms with Gasteiger partial charge in [0.05, 0.1) is 11.5 Å². The van der Waals surface area contributed by atoms with Crippen molar-refractivity contribution in [3.05, 3.63) is 0 Å². The summed E-state index contributed by atoms with van der Waals surface area (Å²) in [7, 11) is -0.804. The van der Waals surface area contributed by atoms with Gasteiger partial charge in [-0.15, -0.1) is 0 Å². The molecule has 1 N–H and O–H groups in total. The molecule has 0 aromatic heterocycles. The van der Waals surface area contributed by atoms with Crippen molar-refractivity contribution in [2.45, 2.75) is 31.3 Å². The van der Waals surface area contributed by atoms with Crippen molar-refractivity contribution in [3.8, 4) is 0 Å². The van der Waals surface area contributed by atoms with E-state index >= 15 is 0 Å². The first-order chi connectivity index (χ1) is 6.95. The zero-order valence-electron chi connectivity index (χ0n) is 9.49. The minimum absolute atomic E-state index is 0.107. The van der Waals surface area contributed by atoms with Gasteiger partial charge in [0.15, 0.2) is 9.84 Å². The maximum Gasteiger partial charge on any atom is 0.152 e. The maximum atomic E-state index is 11.5. The van der Waals surface area contributed by atoms with Crippen molar-refractivity contribution in [1.29, 1.82) is 0 Å². The predicted molar refractivity (Wildman–Crippen MR) is 60.7 cm³/mol. The van der Waals surface area contributed by atoms with Crippen molar-refractivity contribution < 1.29 is 8.42 Å². The van der Waals surface area contributed by atoms with Crippen LogP contribution in [0, 0.1) is 0 Å². The van der Waals surface area contributed by atoms with Crippen LogP contribution in [0.1, 0.15) is 19.8 Å². The van der Waals surface area contributed by atoms with Crippen molar-refractivity contribution in [2.75, 3.05) is 31.6 Å². The van der Waals surface area contributed by atoms with Gasteiger partial charge in [-0.25, -0.2) is 8.42 Å². The normalized spacial score (nSPS) is 41.1. The Hall–Kier alpha value is -0.130. The van der Waals surface area contributed by atoms with Gasteiger partial charge in [0, 0.05) is 24.7 Å². The van der Waals surface area contributed by atoms with Crippen LogP contribution in [0.2, 0.25) is 0 Å². The molecule has 0 aromatic rings. The molecule has 2 aliphatic heterocycles. The number of nitrogens with zero attached hydrogens (tertiary/aromatic N) is 1. The van der Waals surface area contributed by atoms with E-state index in [-0.39, 0.29) is 5.54 Å². The SMILES string of the molecule is CNC1CCN(C2(C)CCS(=O)(=O)C2)C1. The number of likely N-dealkylation sites (tertiary alicyclic amines) is 1. The van der Waals surface area contributed by atoms with E-state index in [4.69, 9.17) is 0 Å². The Labute approximate surface area is 91.9 Å². The molecule has 88 valence electrons. The second kappa shape index (κ2) is 3.71. The van der Waals surface area contributed by atoms with Gasteiger partial charge in [-0.3, -0.25) is 4.90 Å². The van der Waals surface area contributed by atoms with Gasteiger partial charge in [0.2, 0.25) is 0 Å². The number of rotatable bonds is 2. The van der Waals surface area contributed by atoms with E-state index in [1.807, 2.05) is 7.05 Å². The second-order valence-electron chi connectivity index (χ2n) is 5.06. The lowest BCUT2D eigenvalue weighted by Gasteiger charge is -2.34. The minimum atomic E-state index is -2.78. The molecule has 2 unspecified atom stereocenters. The average molecular weight is 232 g/mol. The van der Waals surface area contributed by atoms with Crippen LogP contribution in [-0.2, 0) is 9.84 Å². The highest BCUT2D eigenvalue weighted by molar-refractivity contribution is 7.91. The Morgan fingerprint density at radius 3 is 2.67 bits per heavy atom. The van der Waals surface area contributed by atoms with Gasteiger partial charge in [-0.2, -0.15) is 0 Å². The van der Waals surface area contributed by atoms with Crippen LogP contribution < -0.4 is 5.32 Å². The zero-order chi connectivity index (χ0) is 11.1. The molecular weight excluding hydrogens is 212 g/mol. The maximum absolute atomic E-state index is 11.5. The van der Waals surface area contributed by atoms with Crippen LogP contribution >= 0.6 is 0 Å². The van der Waals surface area contributed by atoms with Crippen molar-refractivity contribution in [2.24, 2.45) is 0 Å². The number of likely N-dealkylation sites (N-methyl/N-ethyl adjacent to an activating group) is 1. The summed E-state index contributed by atoms with van der Waals surface area (Å²) < 4.78 is 23.0. The average Bonchev–Trinajstić information content (AvgIpc) is 2.71. The molecule has 0 radical (unpaired) electrons. The minimum Gasteiger partial charge on any atom is -0.316 e. The van der Waals surface area contributed by atoms with Crippen LogP contribution in [0.4, 0.5) is 0 Å². The van der Waals surface area contributed by atoms with E-state index in [9.17, 15) is 8.42 Å². The molecule has 2 aliphatic rings. The summed E-state index contributed by atoms with van der Waals surface area (Å²) in [5.74, 6) is 0.709. The lowest BCUT2D eigenvalue weighted by atomic mass is 10.00. The molecule has 0 spiro atoms. The summed E-state index contributed by atoms with van der Waals surface area (Å²) >= 11 is 0. The summed E-state index contributed by atoms with van der Waals surface area (Å²) in [4.78, 5) is 2.35. The van der Waals surface area contributed by atoms with Crippen LogP contribution in [0.5, 0.6) is 0 Å². The van der Waals surface area contributed by atoms with E-state index in [0.717, 1.165) is 25.9 Å². The largest absolute Gasteiger partial charge is 0.316 e. The van der Waals surface area contributed by atoms with Crippen LogP contribution in [0.3, 0.4) is 0 Å². The third-order valence-electron chi connectivity index (χ3n) is 3.84. The number of hydrogen-bond acceptors (Lipinski definition) is 4. The molecule has 2 heterocycles. The van der Waals surface area contributed by atoms with Crippen molar-refractivity contribution in [3.63, 3.8) is 0 Å². The quantitative estimate of drug-likeness (QED) is 0.720. The Kier molecular flexibility index (Phi) is 2.81. The van der Waals surface area contributed by atoms with E-state index in [2.05, 4.69) is 17.1 Å². The highest BCUT2D eigenvalue weighted by Gasteiger charge is 2.44. The standard InChI is InChI=1S/C10H20N2O2S/c1-10(4-6-15(13,14)8-10)12-5-3-9(7-12)11-2/h9,11H,3-8H2,1-2H3. The van der Waals surface area contributed by atoms with Crippen molar-refractivity contribution >= 4 is 9.84 Å². The summed E-state index contributed by atoms with van der Waals surface area (Å²) in [6.07, 6.45) is 1.93. The molecule has 0 amide bonds. The predicted octanol–water partition coefficient (Wildman–Crippen LogP) is -0.143. The molecule has 0 aromatic carbocycles. The van der Waals surface area contributed by atoms with Crippen LogP contribution in [0.25, 0.3) is 0 Å². The van der Waals surface area contributed by atoms with Crippen molar-refractivity contribution in [1.82, 2.24) is 10.2 Å². The Bertz CT molecular complexity index is 341. The lowest BCUT2D eigenvalue weighted by Crippen LogP contribution is -2.47. The first kappa shape index (κ1) is 11.4. The third-order valence-corrected chi connectivity index (χ3v) is 5.73. The summed E-state index contributed by atoms with van der Waals surface area (Å²) in [5, 5.41) is 3.26. The van der Waals surface area contributed by atoms with E-state index in [0.29, 0.717) is 17.5 Å². The van der Waals surface area contributed by atoms with Gasteiger partial charge >= 0.3 is 0 Å². The molecule has 0 saturated carbocycles. The Balaban J connectivity index is 2.06. The number of hydrogen-bond donors (Lipinski definition) is 1. The van der Waals surface area contributed by atoms with E-state index in [1.165, 1.54) is 0 Å². The monoisotopic (exact) mass is 232 g/mol. The first-order valence-corrected chi connectivity index (χ1v) is 7.40. The van der Waals surface area contributed by atoms with Crippen LogP contribution in [-0.4, -0.2) is 56.5 Å². The third kappa shape index (κ3) is 2.19. The fourth-order valence-corrected chi connectivity index (χ4v) is 4.90. The summed E-state index contributed by atoms with van der Waals surface area (Å²) in [6, 6.07) is 0.533. The van der Waals surface area contributed by atoms with E-state index < -0.39 is 9.84 Å². The molecular formula is C10H20N2O2S. The molecule has 2 atom stereocenters. The summed E-state index contributed by atoms with van der Waals surface area (Å²) in [6.45, 7) is 4.11. The second-order valence-corrected chi connectivity index (χ2v) is 7.24. The fourth-order valence-electron chi connectivity index (χ4n) is 2.73. The van der Waals surface area contributed by atoms with Gasteiger partial charge < -0.3 is 5.32 Å². The molecule has 2 fully saturated rings. The van der Waals surface area contributed by atoms with Gasteiger partial charge in [-0.1, -0.05) is 0 Å². The Morgan fingerprint density at radius 2 is 2.20 bits per heavy atom. The molecule has 4 nitrogen and oxygen atoms in total. The highest BCUT2D eigenvalue weighted by Crippen LogP contribution is 2.32.